The smallest absolute Gasteiger partial charge is 0.238 e. The number of hydrogen-bond acceptors (Lipinski definition) is 4. The second-order valence-corrected chi connectivity index (χ2v) is 7.24. The van der Waals surface area contributed by atoms with E-state index < -0.39 is 10.0 Å². The number of benzene rings is 2. The molecule has 0 aliphatic heterocycles. The average molecular weight is 516 g/mol. The lowest BCUT2D eigenvalue weighted by atomic mass is 10.2. The Hall–Kier alpha value is -2.11. The predicted molar refractivity (Wildman–Crippen MR) is 122 cm³/mol. The highest BCUT2D eigenvalue weighted by molar-refractivity contribution is 14.0. The zero-order chi connectivity index (χ0) is 19.7. The van der Waals surface area contributed by atoms with Gasteiger partial charge in [0.25, 0.3) is 0 Å². The van der Waals surface area contributed by atoms with Crippen molar-refractivity contribution in [2.75, 3.05) is 13.7 Å². The first-order valence-corrected chi connectivity index (χ1v) is 9.86. The Balaban J connectivity index is 0.00000392. The van der Waals surface area contributed by atoms with Crippen LogP contribution in [0.15, 0.2) is 71.1 Å². The number of nitrogens with zero attached hydrogens (tertiary/aromatic N) is 1. The van der Waals surface area contributed by atoms with E-state index in [-0.39, 0.29) is 28.9 Å². The van der Waals surface area contributed by atoms with Gasteiger partial charge in [0.05, 0.1) is 4.90 Å². The second-order valence-electron chi connectivity index (χ2n) is 5.68. The highest BCUT2D eigenvalue weighted by Crippen LogP contribution is 2.17. The lowest BCUT2D eigenvalue weighted by molar-refractivity contribution is 0.358. The number of aliphatic imine (C=N–C) groups is 1. The lowest BCUT2D eigenvalue weighted by Crippen LogP contribution is -2.36. The molecule has 0 aliphatic rings. The van der Waals surface area contributed by atoms with Gasteiger partial charge in [0, 0.05) is 25.7 Å². The molecule has 152 valence electrons. The van der Waals surface area contributed by atoms with Crippen LogP contribution in [0.2, 0.25) is 0 Å². The van der Waals surface area contributed by atoms with E-state index in [4.69, 9.17) is 9.88 Å². The van der Waals surface area contributed by atoms with Gasteiger partial charge in [-0.3, -0.25) is 4.99 Å². The largest absolute Gasteiger partial charge is 0.489 e. The third-order valence-electron chi connectivity index (χ3n) is 3.71. The van der Waals surface area contributed by atoms with Gasteiger partial charge in [-0.1, -0.05) is 43.0 Å². The van der Waals surface area contributed by atoms with Gasteiger partial charge in [-0.05, 0) is 23.8 Å². The Morgan fingerprint density at radius 3 is 2.39 bits per heavy atom. The Morgan fingerprint density at radius 1 is 1.14 bits per heavy atom. The molecule has 0 saturated heterocycles. The summed E-state index contributed by atoms with van der Waals surface area (Å²) in [5.41, 5.74) is 1.90. The van der Waals surface area contributed by atoms with Crippen molar-refractivity contribution < 1.29 is 13.2 Å². The van der Waals surface area contributed by atoms with Crippen molar-refractivity contribution in [2.45, 2.75) is 18.0 Å². The van der Waals surface area contributed by atoms with Crippen LogP contribution in [0.4, 0.5) is 0 Å². The van der Waals surface area contributed by atoms with Crippen LogP contribution in [0, 0.1) is 0 Å². The van der Waals surface area contributed by atoms with Crippen LogP contribution >= 0.6 is 24.0 Å². The van der Waals surface area contributed by atoms with Gasteiger partial charge in [-0.2, -0.15) is 0 Å². The number of nitrogens with one attached hydrogen (secondary N) is 2. The first kappa shape index (κ1) is 23.9. The van der Waals surface area contributed by atoms with Crippen molar-refractivity contribution in [2.24, 2.45) is 10.1 Å². The molecule has 2 rings (SSSR count). The summed E-state index contributed by atoms with van der Waals surface area (Å²) in [6, 6.07) is 14.1. The SMILES string of the molecule is C=CCOc1ccccc1CNC(=NC)NCc1ccc(S(N)(=O)=O)cc1.I. The van der Waals surface area contributed by atoms with Crippen LogP contribution in [-0.2, 0) is 23.1 Å². The zero-order valence-corrected chi connectivity index (χ0v) is 18.7. The molecule has 4 N–H and O–H groups in total. The first-order valence-electron chi connectivity index (χ1n) is 8.32. The minimum Gasteiger partial charge on any atom is -0.489 e. The summed E-state index contributed by atoms with van der Waals surface area (Å²) in [5, 5.41) is 11.5. The molecule has 28 heavy (non-hydrogen) atoms. The van der Waals surface area contributed by atoms with E-state index in [9.17, 15) is 8.42 Å². The van der Waals surface area contributed by atoms with Crippen LogP contribution < -0.4 is 20.5 Å². The van der Waals surface area contributed by atoms with Gasteiger partial charge in [0.15, 0.2) is 5.96 Å². The van der Waals surface area contributed by atoms with E-state index in [2.05, 4.69) is 22.2 Å². The standard InChI is InChI=1S/C19H24N4O3S.HI/c1-3-12-26-18-7-5-4-6-16(18)14-23-19(21-2)22-13-15-8-10-17(11-9-15)27(20,24)25;/h3-11H,1,12-14H2,2H3,(H2,20,24,25)(H2,21,22,23);1H. The highest BCUT2D eigenvalue weighted by atomic mass is 127. The molecule has 2 aromatic rings. The lowest BCUT2D eigenvalue weighted by Gasteiger charge is -2.14. The predicted octanol–water partition coefficient (Wildman–Crippen LogP) is 2.38. The van der Waals surface area contributed by atoms with Gasteiger partial charge < -0.3 is 15.4 Å². The molecular weight excluding hydrogens is 491 g/mol. The van der Waals surface area contributed by atoms with E-state index in [1.165, 1.54) is 12.1 Å². The number of rotatable bonds is 8. The maximum absolute atomic E-state index is 11.3. The van der Waals surface area contributed by atoms with Gasteiger partial charge in [-0.25, -0.2) is 13.6 Å². The quantitative estimate of drug-likeness (QED) is 0.216. The van der Waals surface area contributed by atoms with Crippen molar-refractivity contribution in [1.82, 2.24) is 10.6 Å². The monoisotopic (exact) mass is 516 g/mol. The summed E-state index contributed by atoms with van der Waals surface area (Å²) in [6.45, 7) is 5.12. The number of para-hydroxylation sites is 1. The van der Waals surface area contributed by atoms with Crippen molar-refractivity contribution in [3.8, 4) is 5.75 Å². The molecule has 0 radical (unpaired) electrons. The summed E-state index contributed by atoms with van der Waals surface area (Å²) in [4.78, 5) is 4.28. The molecule has 9 heteroatoms. The van der Waals surface area contributed by atoms with Gasteiger partial charge >= 0.3 is 0 Å². The minimum atomic E-state index is -3.68. The molecule has 0 aliphatic carbocycles. The Kier molecular flexibility index (Phi) is 9.97. The van der Waals surface area contributed by atoms with E-state index >= 15 is 0 Å². The molecule has 0 aromatic heterocycles. The summed E-state index contributed by atoms with van der Waals surface area (Å²) in [6.07, 6.45) is 1.70. The number of primary sulfonamides is 1. The molecular formula is C19H25IN4O3S. The van der Waals surface area contributed by atoms with Crippen LogP contribution in [0.1, 0.15) is 11.1 Å². The molecule has 0 saturated carbocycles. The molecule has 0 amide bonds. The number of guanidine groups is 1. The number of halogens is 1. The van der Waals surface area contributed by atoms with Crippen molar-refractivity contribution in [1.29, 1.82) is 0 Å². The Labute approximate surface area is 183 Å². The van der Waals surface area contributed by atoms with Crippen molar-refractivity contribution in [3.05, 3.63) is 72.3 Å². The van der Waals surface area contributed by atoms with Crippen LogP contribution in [0.25, 0.3) is 0 Å². The van der Waals surface area contributed by atoms with E-state index in [0.29, 0.717) is 25.7 Å². The number of hydrogen-bond donors (Lipinski definition) is 3. The molecule has 2 aromatic carbocycles. The average Bonchev–Trinajstić information content (AvgIpc) is 2.67. The van der Waals surface area contributed by atoms with E-state index in [1.54, 1.807) is 25.3 Å². The summed E-state index contributed by atoms with van der Waals surface area (Å²) < 4.78 is 28.2. The van der Waals surface area contributed by atoms with Gasteiger partial charge in [0.2, 0.25) is 10.0 Å². The topological polar surface area (TPSA) is 106 Å². The third-order valence-corrected chi connectivity index (χ3v) is 4.64. The van der Waals surface area contributed by atoms with E-state index in [1.807, 2.05) is 24.3 Å². The number of sulfonamides is 1. The van der Waals surface area contributed by atoms with E-state index in [0.717, 1.165) is 16.9 Å². The third kappa shape index (κ3) is 7.49. The maximum Gasteiger partial charge on any atom is 0.238 e. The van der Waals surface area contributed by atoms with Crippen LogP contribution in [0.3, 0.4) is 0 Å². The zero-order valence-electron chi connectivity index (χ0n) is 15.6. The summed E-state index contributed by atoms with van der Waals surface area (Å²) >= 11 is 0. The fourth-order valence-corrected chi connectivity index (χ4v) is 2.84. The van der Waals surface area contributed by atoms with Gasteiger partial charge in [0.1, 0.15) is 12.4 Å². The van der Waals surface area contributed by atoms with Crippen molar-refractivity contribution in [3.63, 3.8) is 0 Å². The van der Waals surface area contributed by atoms with Crippen LogP contribution in [0.5, 0.6) is 5.75 Å². The molecule has 7 nitrogen and oxygen atoms in total. The van der Waals surface area contributed by atoms with Crippen molar-refractivity contribution >= 4 is 40.0 Å². The van der Waals surface area contributed by atoms with Crippen LogP contribution in [-0.4, -0.2) is 28.0 Å². The Morgan fingerprint density at radius 2 is 1.79 bits per heavy atom. The Bertz CT molecular complexity index is 900. The molecule has 0 fully saturated rings. The molecule has 0 spiro atoms. The summed E-state index contributed by atoms with van der Waals surface area (Å²) in [5.74, 6) is 1.41. The molecule has 0 bridgehead atoms. The second kappa shape index (κ2) is 11.7. The normalized spacial score (nSPS) is 11.3. The maximum atomic E-state index is 11.3. The fourth-order valence-electron chi connectivity index (χ4n) is 2.32. The summed E-state index contributed by atoms with van der Waals surface area (Å²) in [7, 11) is -2.00. The first-order chi connectivity index (χ1) is 12.9. The molecule has 0 heterocycles. The number of ether oxygens (including phenoxy) is 1. The number of nitrogens with two attached hydrogens (primary N) is 1. The molecule has 0 atom stereocenters. The van der Waals surface area contributed by atoms with Gasteiger partial charge in [-0.15, -0.1) is 24.0 Å². The molecule has 0 unspecified atom stereocenters. The minimum absolute atomic E-state index is 0. The highest BCUT2D eigenvalue weighted by Gasteiger charge is 2.07. The fraction of sp³-hybridized carbons (Fsp3) is 0.211.